The van der Waals surface area contributed by atoms with Crippen molar-refractivity contribution in [1.29, 1.82) is 0 Å². The largest absolute Gasteiger partial charge is 0.301 e. The van der Waals surface area contributed by atoms with Gasteiger partial charge in [-0.15, -0.1) is 0 Å². The first-order valence-corrected chi connectivity index (χ1v) is 8.52. The predicted octanol–water partition coefficient (Wildman–Crippen LogP) is 3.81. The highest BCUT2D eigenvalue weighted by atomic mass is 35.5. The molecule has 1 aromatic carbocycles. The van der Waals surface area contributed by atoms with Gasteiger partial charge in [0, 0.05) is 44.3 Å². The number of allylic oxidation sites excluding steroid dienone is 2. The zero-order valence-electron chi connectivity index (χ0n) is 12.7. The van der Waals surface area contributed by atoms with Crippen LogP contribution in [0.25, 0.3) is 0 Å². The summed E-state index contributed by atoms with van der Waals surface area (Å²) in [5, 5.41) is 0.897. The van der Waals surface area contributed by atoms with Gasteiger partial charge in [-0.2, -0.15) is 0 Å². The normalized spacial score (nSPS) is 24.3. The quantitative estimate of drug-likeness (QED) is 0.780. The van der Waals surface area contributed by atoms with Crippen LogP contribution < -0.4 is 0 Å². The summed E-state index contributed by atoms with van der Waals surface area (Å²) in [4.78, 5) is 5.17. The average Bonchev–Trinajstić information content (AvgIpc) is 2.52. The lowest BCUT2D eigenvalue weighted by atomic mass is 9.94. The zero-order chi connectivity index (χ0) is 14.5. The molecule has 1 atom stereocenters. The van der Waals surface area contributed by atoms with Crippen molar-refractivity contribution in [3.05, 3.63) is 47.0 Å². The van der Waals surface area contributed by atoms with E-state index in [9.17, 15) is 0 Å². The summed E-state index contributed by atoms with van der Waals surface area (Å²) in [7, 11) is 0. The zero-order valence-corrected chi connectivity index (χ0v) is 13.4. The molecule has 0 radical (unpaired) electrons. The van der Waals surface area contributed by atoms with Crippen molar-refractivity contribution in [2.24, 2.45) is 5.92 Å². The molecule has 2 aliphatic rings. The van der Waals surface area contributed by atoms with Gasteiger partial charge in [-0.25, -0.2) is 0 Å². The van der Waals surface area contributed by atoms with Gasteiger partial charge in [0.05, 0.1) is 0 Å². The van der Waals surface area contributed by atoms with E-state index < -0.39 is 0 Å². The highest BCUT2D eigenvalue weighted by Gasteiger charge is 2.20. The first kappa shape index (κ1) is 15.1. The highest BCUT2D eigenvalue weighted by molar-refractivity contribution is 6.31. The second kappa shape index (κ2) is 7.44. The van der Waals surface area contributed by atoms with Crippen LogP contribution >= 0.6 is 11.6 Å². The van der Waals surface area contributed by atoms with Crippen LogP contribution in [0.3, 0.4) is 0 Å². The minimum Gasteiger partial charge on any atom is -0.301 e. The second-order valence-corrected chi connectivity index (χ2v) is 6.73. The third kappa shape index (κ3) is 4.32. The molecule has 3 heteroatoms. The van der Waals surface area contributed by atoms with Gasteiger partial charge in [0.1, 0.15) is 0 Å². The fraction of sp³-hybridized carbons (Fsp3) is 0.556. The van der Waals surface area contributed by atoms with E-state index in [0.717, 1.165) is 30.6 Å². The second-order valence-electron chi connectivity index (χ2n) is 6.32. The lowest BCUT2D eigenvalue weighted by Crippen LogP contribution is -2.47. The molecule has 0 aromatic heterocycles. The lowest BCUT2D eigenvalue weighted by molar-refractivity contribution is 0.111. The van der Waals surface area contributed by atoms with Crippen LogP contribution in [0.15, 0.2) is 36.4 Å². The third-order valence-corrected chi connectivity index (χ3v) is 5.08. The van der Waals surface area contributed by atoms with Crippen LogP contribution in [0.4, 0.5) is 0 Å². The van der Waals surface area contributed by atoms with Gasteiger partial charge in [0.2, 0.25) is 0 Å². The Morgan fingerprint density at radius 1 is 1.00 bits per heavy atom. The Balaban J connectivity index is 1.44. The molecule has 0 N–H and O–H groups in total. The van der Waals surface area contributed by atoms with Crippen molar-refractivity contribution in [3.63, 3.8) is 0 Å². The maximum Gasteiger partial charge on any atom is 0.0451 e. The summed E-state index contributed by atoms with van der Waals surface area (Å²) in [5.74, 6) is 0.880. The molecule has 0 bridgehead atoms. The van der Waals surface area contributed by atoms with Gasteiger partial charge in [-0.05, 0) is 36.8 Å². The summed E-state index contributed by atoms with van der Waals surface area (Å²) in [6.45, 7) is 6.99. The molecule has 2 nitrogen and oxygen atoms in total. The Labute approximate surface area is 133 Å². The van der Waals surface area contributed by atoms with Gasteiger partial charge < -0.3 is 4.90 Å². The number of benzene rings is 1. The minimum absolute atomic E-state index is 0.880. The van der Waals surface area contributed by atoms with Crippen molar-refractivity contribution in [2.45, 2.75) is 25.8 Å². The SMILES string of the molecule is Clc1ccccc1CN1CCN(C[C@H]2CC=CCC2)CC1. The summed E-state index contributed by atoms with van der Waals surface area (Å²) in [5.41, 5.74) is 1.25. The monoisotopic (exact) mass is 304 g/mol. The molecule has 21 heavy (non-hydrogen) atoms. The van der Waals surface area contributed by atoms with E-state index in [2.05, 4.69) is 34.1 Å². The smallest absolute Gasteiger partial charge is 0.0451 e. The highest BCUT2D eigenvalue weighted by Crippen LogP contribution is 2.21. The van der Waals surface area contributed by atoms with E-state index in [-0.39, 0.29) is 0 Å². The summed E-state index contributed by atoms with van der Waals surface area (Å²) >= 11 is 6.26. The molecule has 0 amide bonds. The summed E-state index contributed by atoms with van der Waals surface area (Å²) < 4.78 is 0. The standard InChI is InChI=1S/C18H25ClN2/c19-18-9-5-4-8-17(18)15-21-12-10-20(11-13-21)14-16-6-2-1-3-7-16/h1-2,4-5,8-9,16H,3,6-7,10-15H2/t16-/m0/s1. The van der Waals surface area contributed by atoms with Gasteiger partial charge in [-0.3, -0.25) is 4.90 Å². The number of hydrogen-bond acceptors (Lipinski definition) is 2. The van der Waals surface area contributed by atoms with Crippen LogP contribution in [0.2, 0.25) is 5.02 Å². The van der Waals surface area contributed by atoms with E-state index in [1.807, 2.05) is 12.1 Å². The van der Waals surface area contributed by atoms with Crippen LogP contribution in [-0.4, -0.2) is 42.5 Å². The Hall–Kier alpha value is -0.830. The van der Waals surface area contributed by atoms with E-state index in [4.69, 9.17) is 11.6 Å². The molecule has 1 aromatic rings. The molecule has 0 spiro atoms. The number of hydrogen-bond donors (Lipinski definition) is 0. The first-order chi connectivity index (χ1) is 10.3. The molecule has 114 valence electrons. The molecular formula is C18H25ClN2. The fourth-order valence-corrected chi connectivity index (χ4v) is 3.58. The maximum absolute atomic E-state index is 6.26. The summed E-state index contributed by atoms with van der Waals surface area (Å²) in [6, 6.07) is 8.21. The van der Waals surface area contributed by atoms with E-state index in [1.54, 1.807) is 0 Å². The van der Waals surface area contributed by atoms with Gasteiger partial charge in [0.25, 0.3) is 0 Å². The van der Waals surface area contributed by atoms with Crippen LogP contribution in [0.1, 0.15) is 24.8 Å². The lowest BCUT2D eigenvalue weighted by Gasteiger charge is -2.36. The van der Waals surface area contributed by atoms with Crippen molar-refractivity contribution in [3.8, 4) is 0 Å². The minimum atomic E-state index is 0.880. The molecule has 3 rings (SSSR count). The Kier molecular flexibility index (Phi) is 5.34. The average molecular weight is 305 g/mol. The van der Waals surface area contributed by atoms with E-state index in [1.165, 1.54) is 44.5 Å². The third-order valence-electron chi connectivity index (χ3n) is 4.71. The number of nitrogens with zero attached hydrogens (tertiary/aromatic N) is 2. The van der Waals surface area contributed by atoms with Gasteiger partial charge in [-0.1, -0.05) is 42.0 Å². The Morgan fingerprint density at radius 2 is 1.76 bits per heavy atom. The van der Waals surface area contributed by atoms with Gasteiger partial charge >= 0.3 is 0 Å². The van der Waals surface area contributed by atoms with E-state index >= 15 is 0 Å². The number of halogens is 1. The Morgan fingerprint density at radius 3 is 2.48 bits per heavy atom. The summed E-state index contributed by atoms with van der Waals surface area (Å²) in [6.07, 6.45) is 8.62. The number of rotatable bonds is 4. The maximum atomic E-state index is 6.26. The molecule has 1 aliphatic carbocycles. The molecule has 1 heterocycles. The van der Waals surface area contributed by atoms with Crippen LogP contribution in [0, 0.1) is 5.92 Å². The van der Waals surface area contributed by atoms with Crippen molar-refractivity contribution >= 4 is 11.6 Å². The molecule has 1 fully saturated rings. The van der Waals surface area contributed by atoms with Gasteiger partial charge in [0.15, 0.2) is 0 Å². The fourth-order valence-electron chi connectivity index (χ4n) is 3.38. The molecular weight excluding hydrogens is 280 g/mol. The topological polar surface area (TPSA) is 6.48 Å². The first-order valence-electron chi connectivity index (χ1n) is 8.14. The van der Waals surface area contributed by atoms with Crippen molar-refractivity contribution < 1.29 is 0 Å². The Bertz CT molecular complexity index is 478. The van der Waals surface area contributed by atoms with Crippen molar-refractivity contribution in [2.75, 3.05) is 32.7 Å². The molecule has 0 unspecified atom stereocenters. The van der Waals surface area contributed by atoms with Crippen LogP contribution in [-0.2, 0) is 6.54 Å². The van der Waals surface area contributed by atoms with E-state index in [0.29, 0.717) is 0 Å². The molecule has 1 saturated heterocycles. The predicted molar refractivity (Wildman–Crippen MR) is 89.7 cm³/mol. The molecule has 1 aliphatic heterocycles. The van der Waals surface area contributed by atoms with Crippen molar-refractivity contribution in [1.82, 2.24) is 9.80 Å². The number of piperazine rings is 1. The molecule has 0 saturated carbocycles. The van der Waals surface area contributed by atoms with Crippen LogP contribution in [0.5, 0.6) is 0 Å².